The highest BCUT2D eigenvalue weighted by atomic mass is 35.5. The van der Waals surface area contributed by atoms with E-state index in [9.17, 15) is 8.42 Å². The zero-order chi connectivity index (χ0) is 14.8. The third-order valence-corrected chi connectivity index (χ3v) is 4.68. The van der Waals surface area contributed by atoms with Gasteiger partial charge in [0.15, 0.2) is 0 Å². The van der Waals surface area contributed by atoms with E-state index in [1.807, 2.05) is 19.9 Å². The topological polar surface area (TPSA) is 59.1 Å². The molecule has 1 N–H and O–H groups in total. The molecule has 0 aliphatic carbocycles. The van der Waals surface area contributed by atoms with Crippen molar-refractivity contribution in [3.8, 4) is 0 Å². The van der Waals surface area contributed by atoms with E-state index >= 15 is 0 Å². The lowest BCUT2D eigenvalue weighted by Crippen LogP contribution is -2.14. The standard InChI is InChI=1S/C14H15ClN2O2S/c1-3-11-6-7-16-14(8-11)17-20(18,19)12-5-4-10(2)13(15)9-12/h4-9H,3H2,1-2H3,(H,16,17). The van der Waals surface area contributed by atoms with Crippen molar-refractivity contribution in [3.63, 3.8) is 0 Å². The number of aryl methyl sites for hydroxylation is 2. The summed E-state index contributed by atoms with van der Waals surface area (Å²) in [7, 11) is -3.67. The van der Waals surface area contributed by atoms with Gasteiger partial charge in [0.25, 0.3) is 10.0 Å². The Kier molecular flexibility index (Phi) is 4.30. The van der Waals surface area contributed by atoms with E-state index in [1.165, 1.54) is 12.1 Å². The molecule has 1 aromatic heterocycles. The second-order valence-electron chi connectivity index (χ2n) is 4.42. The predicted octanol–water partition coefficient (Wildman–Crippen LogP) is 3.41. The highest BCUT2D eigenvalue weighted by Gasteiger charge is 2.16. The average Bonchev–Trinajstić information content (AvgIpc) is 2.41. The summed E-state index contributed by atoms with van der Waals surface area (Å²) in [5, 5.41) is 0.420. The Morgan fingerprint density at radius 2 is 2.00 bits per heavy atom. The molecule has 0 amide bonds. The maximum Gasteiger partial charge on any atom is 0.263 e. The van der Waals surface area contributed by atoms with Crippen LogP contribution >= 0.6 is 11.6 Å². The molecule has 106 valence electrons. The van der Waals surface area contributed by atoms with Crippen molar-refractivity contribution in [2.45, 2.75) is 25.2 Å². The van der Waals surface area contributed by atoms with Gasteiger partial charge in [0.1, 0.15) is 5.82 Å². The van der Waals surface area contributed by atoms with Crippen LogP contribution in [-0.4, -0.2) is 13.4 Å². The number of pyridine rings is 1. The number of sulfonamides is 1. The molecule has 0 saturated carbocycles. The Bertz CT molecular complexity index is 730. The summed E-state index contributed by atoms with van der Waals surface area (Å²) in [4.78, 5) is 4.14. The summed E-state index contributed by atoms with van der Waals surface area (Å²) in [5.41, 5.74) is 1.84. The number of rotatable bonds is 4. The van der Waals surface area contributed by atoms with Crippen molar-refractivity contribution in [3.05, 3.63) is 52.7 Å². The molecule has 0 radical (unpaired) electrons. The molecule has 1 heterocycles. The van der Waals surface area contributed by atoms with Crippen LogP contribution in [0.25, 0.3) is 0 Å². The first-order valence-electron chi connectivity index (χ1n) is 6.16. The minimum absolute atomic E-state index is 0.122. The number of halogens is 1. The fourth-order valence-electron chi connectivity index (χ4n) is 1.69. The van der Waals surface area contributed by atoms with Gasteiger partial charge in [-0.2, -0.15) is 0 Å². The van der Waals surface area contributed by atoms with Crippen molar-refractivity contribution in [1.29, 1.82) is 0 Å². The van der Waals surface area contributed by atoms with Gasteiger partial charge in [0, 0.05) is 11.2 Å². The van der Waals surface area contributed by atoms with Crippen LogP contribution in [0.15, 0.2) is 41.4 Å². The molecule has 20 heavy (non-hydrogen) atoms. The van der Waals surface area contributed by atoms with Crippen LogP contribution in [0.5, 0.6) is 0 Å². The van der Waals surface area contributed by atoms with E-state index < -0.39 is 10.0 Å². The van der Waals surface area contributed by atoms with Crippen molar-refractivity contribution in [2.24, 2.45) is 0 Å². The quantitative estimate of drug-likeness (QED) is 0.941. The SMILES string of the molecule is CCc1ccnc(NS(=O)(=O)c2ccc(C)c(Cl)c2)c1. The fourth-order valence-corrected chi connectivity index (χ4v) is 2.96. The zero-order valence-corrected chi connectivity index (χ0v) is 12.8. The van der Waals surface area contributed by atoms with E-state index in [1.54, 1.807) is 18.3 Å². The summed E-state index contributed by atoms with van der Waals surface area (Å²) in [5.74, 6) is 0.307. The Morgan fingerprint density at radius 1 is 1.25 bits per heavy atom. The monoisotopic (exact) mass is 310 g/mol. The van der Waals surface area contributed by atoms with Gasteiger partial charge in [-0.3, -0.25) is 4.72 Å². The lowest BCUT2D eigenvalue weighted by Gasteiger charge is -2.09. The minimum Gasteiger partial charge on any atom is -0.263 e. The number of aromatic nitrogens is 1. The first-order chi connectivity index (χ1) is 9.42. The third-order valence-electron chi connectivity index (χ3n) is 2.93. The normalized spacial score (nSPS) is 11.3. The lowest BCUT2D eigenvalue weighted by molar-refractivity contribution is 0.601. The number of hydrogen-bond donors (Lipinski definition) is 1. The maximum absolute atomic E-state index is 12.3. The van der Waals surface area contributed by atoms with E-state index in [2.05, 4.69) is 9.71 Å². The molecule has 4 nitrogen and oxygen atoms in total. The molecule has 0 fully saturated rings. The molecule has 0 saturated heterocycles. The second kappa shape index (κ2) is 5.81. The van der Waals surface area contributed by atoms with Crippen molar-refractivity contribution >= 4 is 27.4 Å². The largest absolute Gasteiger partial charge is 0.263 e. The molecule has 0 aliphatic heterocycles. The smallest absolute Gasteiger partial charge is 0.263 e. The number of hydrogen-bond acceptors (Lipinski definition) is 3. The average molecular weight is 311 g/mol. The number of nitrogens with zero attached hydrogens (tertiary/aromatic N) is 1. The van der Waals surface area contributed by atoms with Crippen LogP contribution in [0.3, 0.4) is 0 Å². The Morgan fingerprint density at radius 3 is 2.65 bits per heavy atom. The minimum atomic E-state index is -3.67. The van der Waals surface area contributed by atoms with Crippen LogP contribution in [0.4, 0.5) is 5.82 Å². The van der Waals surface area contributed by atoms with Gasteiger partial charge in [-0.1, -0.05) is 24.6 Å². The van der Waals surface area contributed by atoms with Crippen LogP contribution in [0.2, 0.25) is 5.02 Å². The van der Waals surface area contributed by atoms with Gasteiger partial charge in [0.05, 0.1) is 4.90 Å². The molecular weight excluding hydrogens is 296 g/mol. The molecule has 2 rings (SSSR count). The molecule has 2 aromatic rings. The molecule has 0 spiro atoms. The summed E-state index contributed by atoms with van der Waals surface area (Å²) < 4.78 is 27.0. The Balaban J connectivity index is 2.32. The van der Waals surface area contributed by atoms with E-state index in [4.69, 9.17) is 11.6 Å². The second-order valence-corrected chi connectivity index (χ2v) is 6.51. The van der Waals surface area contributed by atoms with Crippen LogP contribution < -0.4 is 4.72 Å². The molecular formula is C14H15ClN2O2S. The first kappa shape index (κ1) is 14.8. The third kappa shape index (κ3) is 3.29. The van der Waals surface area contributed by atoms with Crippen LogP contribution in [-0.2, 0) is 16.4 Å². The van der Waals surface area contributed by atoms with Gasteiger partial charge in [-0.05, 0) is 48.7 Å². The van der Waals surface area contributed by atoms with Gasteiger partial charge in [-0.15, -0.1) is 0 Å². The van der Waals surface area contributed by atoms with E-state index in [-0.39, 0.29) is 4.90 Å². The van der Waals surface area contributed by atoms with Crippen molar-refractivity contribution in [2.75, 3.05) is 4.72 Å². The first-order valence-corrected chi connectivity index (χ1v) is 8.02. The molecule has 0 atom stereocenters. The molecule has 0 bridgehead atoms. The zero-order valence-electron chi connectivity index (χ0n) is 11.2. The molecule has 6 heteroatoms. The highest BCUT2D eigenvalue weighted by Crippen LogP contribution is 2.21. The maximum atomic E-state index is 12.3. The van der Waals surface area contributed by atoms with Crippen LogP contribution in [0, 0.1) is 6.92 Å². The van der Waals surface area contributed by atoms with Gasteiger partial charge in [0.2, 0.25) is 0 Å². The van der Waals surface area contributed by atoms with E-state index in [0.29, 0.717) is 10.8 Å². The summed E-state index contributed by atoms with van der Waals surface area (Å²) in [6.45, 7) is 3.81. The number of nitrogens with one attached hydrogen (secondary N) is 1. The van der Waals surface area contributed by atoms with Crippen LogP contribution in [0.1, 0.15) is 18.1 Å². The fraction of sp³-hybridized carbons (Fsp3) is 0.214. The van der Waals surface area contributed by atoms with Crippen molar-refractivity contribution < 1.29 is 8.42 Å². The van der Waals surface area contributed by atoms with Gasteiger partial charge < -0.3 is 0 Å². The van der Waals surface area contributed by atoms with E-state index in [0.717, 1.165) is 17.5 Å². The summed E-state index contributed by atoms with van der Waals surface area (Å²) >= 11 is 5.96. The Hall–Kier alpha value is -1.59. The van der Waals surface area contributed by atoms with Crippen molar-refractivity contribution in [1.82, 2.24) is 4.98 Å². The van der Waals surface area contributed by atoms with Gasteiger partial charge in [-0.25, -0.2) is 13.4 Å². The summed E-state index contributed by atoms with van der Waals surface area (Å²) in [6, 6.07) is 8.19. The number of anilines is 1. The van der Waals surface area contributed by atoms with Gasteiger partial charge >= 0.3 is 0 Å². The predicted molar refractivity (Wildman–Crippen MR) is 80.6 cm³/mol. The summed E-state index contributed by atoms with van der Waals surface area (Å²) in [6.07, 6.45) is 2.40. The lowest BCUT2D eigenvalue weighted by atomic mass is 10.2. The number of benzene rings is 1. The highest BCUT2D eigenvalue weighted by molar-refractivity contribution is 7.92. The molecule has 0 unspecified atom stereocenters. The Labute approximate surface area is 123 Å². The molecule has 0 aliphatic rings. The molecule has 1 aromatic carbocycles.